The zero-order chi connectivity index (χ0) is 11.0. The number of halogens is 1. The molecule has 0 unspecified atom stereocenters. The number of aliphatic imine (C=N–C) groups is 1. The van der Waals surface area contributed by atoms with E-state index in [1.54, 1.807) is 0 Å². The van der Waals surface area contributed by atoms with Crippen molar-refractivity contribution in [3.8, 4) is 0 Å². The molecular formula is C7H7FN4O2S. The SMILES string of the molecule is O=C(O)N1C=C2N=C(CF)C=C(S)N2N1. The molecule has 0 radical (unpaired) electrons. The van der Waals surface area contributed by atoms with Crippen LogP contribution in [-0.4, -0.2) is 33.6 Å². The summed E-state index contributed by atoms with van der Waals surface area (Å²) in [6, 6.07) is 0. The molecule has 0 aromatic heterocycles. The maximum Gasteiger partial charge on any atom is 0.427 e. The first kappa shape index (κ1) is 9.99. The van der Waals surface area contributed by atoms with Crippen LogP contribution in [0.5, 0.6) is 0 Å². The van der Waals surface area contributed by atoms with Gasteiger partial charge in [0.2, 0.25) is 0 Å². The number of carboxylic acid groups (broad SMARTS) is 1. The van der Waals surface area contributed by atoms with Crippen LogP contribution in [0.1, 0.15) is 0 Å². The van der Waals surface area contributed by atoms with Gasteiger partial charge in [-0.2, -0.15) is 5.01 Å². The zero-order valence-electron chi connectivity index (χ0n) is 7.38. The molecule has 2 heterocycles. The second kappa shape index (κ2) is 3.55. The van der Waals surface area contributed by atoms with Gasteiger partial charge in [0.05, 0.1) is 16.9 Å². The van der Waals surface area contributed by atoms with Crippen LogP contribution in [0, 0.1) is 0 Å². The summed E-state index contributed by atoms with van der Waals surface area (Å²) in [5.74, 6) is 0.289. The lowest BCUT2D eigenvalue weighted by Crippen LogP contribution is -2.42. The van der Waals surface area contributed by atoms with Gasteiger partial charge in [-0.15, -0.1) is 18.2 Å². The number of nitrogens with one attached hydrogen (secondary N) is 1. The molecule has 80 valence electrons. The molecule has 8 heteroatoms. The number of allylic oxidation sites excluding steroid dienone is 1. The van der Waals surface area contributed by atoms with E-state index < -0.39 is 12.8 Å². The van der Waals surface area contributed by atoms with Crippen molar-refractivity contribution in [3.63, 3.8) is 0 Å². The number of hydrazine groups is 2. The van der Waals surface area contributed by atoms with Gasteiger partial charge in [-0.3, -0.25) is 0 Å². The number of rotatable bonds is 1. The number of nitrogens with zero attached hydrogens (tertiary/aromatic N) is 3. The normalized spacial score (nSPS) is 19.5. The number of amides is 1. The summed E-state index contributed by atoms with van der Waals surface area (Å²) < 4.78 is 12.4. The molecular weight excluding hydrogens is 223 g/mol. The molecule has 2 rings (SSSR count). The van der Waals surface area contributed by atoms with Crippen LogP contribution in [0.3, 0.4) is 0 Å². The lowest BCUT2D eigenvalue weighted by Gasteiger charge is -2.23. The number of hydrogen-bond donors (Lipinski definition) is 3. The maximum atomic E-state index is 12.4. The number of fused-ring (bicyclic) bond motifs is 1. The second-order valence-corrected chi connectivity index (χ2v) is 3.27. The number of alkyl halides is 1. The minimum Gasteiger partial charge on any atom is -0.464 e. The third-order valence-corrected chi connectivity index (χ3v) is 2.14. The average Bonchev–Trinajstić information content (AvgIpc) is 2.61. The summed E-state index contributed by atoms with van der Waals surface area (Å²) in [6.45, 7) is -0.720. The van der Waals surface area contributed by atoms with E-state index in [0.717, 1.165) is 5.01 Å². The van der Waals surface area contributed by atoms with Crippen LogP contribution in [0.15, 0.2) is 28.1 Å². The highest BCUT2D eigenvalue weighted by Crippen LogP contribution is 2.24. The fourth-order valence-corrected chi connectivity index (χ4v) is 1.46. The molecule has 0 aromatic carbocycles. The number of thiol groups is 1. The highest BCUT2D eigenvalue weighted by Gasteiger charge is 2.28. The van der Waals surface area contributed by atoms with E-state index in [1.807, 2.05) is 0 Å². The first-order valence-corrected chi connectivity index (χ1v) is 4.41. The Hall–Kier alpha value is -1.54. The predicted molar refractivity (Wildman–Crippen MR) is 53.4 cm³/mol. The van der Waals surface area contributed by atoms with Crippen LogP contribution >= 0.6 is 12.6 Å². The third-order valence-electron chi connectivity index (χ3n) is 1.81. The van der Waals surface area contributed by atoms with Crippen LogP contribution < -0.4 is 5.53 Å². The number of hydrogen-bond acceptors (Lipinski definition) is 5. The first-order valence-electron chi connectivity index (χ1n) is 3.96. The molecule has 2 aliphatic rings. The Labute approximate surface area is 89.7 Å². The van der Waals surface area contributed by atoms with Gasteiger partial charge in [0.1, 0.15) is 6.67 Å². The fourth-order valence-electron chi connectivity index (χ4n) is 1.17. The van der Waals surface area contributed by atoms with Crippen LogP contribution in [0.2, 0.25) is 0 Å². The van der Waals surface area contributed by atoms with Crippen molar-refractivity contribution in [1.29, 1.82) is 0 Å². The summed E-state index contributed by atoms with van der Waals surface area (Å²) >= 11 is 4.07. The molecule has 0 spiro atoms. The molecule has 0 saturated heterocycles. The Morgan fingerprint density at radius 2 is 2.47 bits per heavy atom. The van der Waals surface area contributed by atoms with E-state index in [-0.39, 0.29) is 11.5 Å². The summed E-state index contributed by atoms with van der Waals surface area (Å²) in [5, 5.41) is 11.2. The minimum absolute atomic E-state index is 0.205. The van der Waals surface area contributed by atoms with Gasteiger partial charge in [-0.25, -0.2) is 19.2 Å². The van der Waals surface area contributed by atoms with Crippen LogP contribution in [0.25, 0.3) is 0 Å². The molecule has 1 amide bonds. The molecule has 6 nitrogen and oxygen atoms in total. The quantitative estimate of drug-likeness (QED) is 0.580. The largest absolute Gasteiger partial charge is 0.464 e. The van der Waals surface area contributed by atoms with E-state index in [0.29, 0.717) is 5.03 Å². The van der Waals surface area contributed by atoms with Gasteiger partial charge >= 0.3 is 6.09 Å². The first-order chi connectivity index (χ1) is 7.11. The standard InChI is InChI=1S/C7H7FN4O2S/c8-2-4-1-6(15)12-5(9-4)3-11(10-12)7(13)14/h1,3,10,15H,2H2,(H,13,14). The Kier molecular flexibility index (Phi) is 2.37. The number of carbonyl (C=O) groups is 1. The zero-order valence-corrected chi connectivity index (χ0v) is 8.28. The van der Waals surface area contributed by atoms with Crippen molar-refractivity contribution in [1.82, 2.24) is 15.6 Å². The van der Waals surface area contributed by atoms with Crippen molar-refractivity contribution in [2.24, 2.45) is 4.99 Å². The van der Waals surface area contributed by atoms with Gasteiger partial charge in [0.25, 0.3) is 0 Å². The molecule has 15 heavy (non-hydrogen) atoms. The summed E-state index contributed by atoms with van der Waals surface area (Å²) in [4.78, 5) is 14.5. The van der Waals surface area contributed by atoms with Crippen molar-refractivity contribution < 1.29 is 14.3 Å². The van der Waals surface area contributed by atoms with E-state index >= 15 is 0 Å². The Balaban J connectivity index is 2.30. The molecule has 2 N–H and O–H groups in total. The lowest BCUT2D eigenvalue weighted by atomic mass is 10.3. The van der Waals surface area contributed by atoms with Crippen molar-refractivity contribution in [2.45, 2.75) is 0 Å². The van der Waals surface area contributed by atoms with Crippen molar-refractivity contribution >= 4 is 24.4 Å². The molecule has 0 aromatic rings. The topological polar surface area (TPSA) is 68.2 Å². The molecule has 0 aliphatic carbocycles. The lowest BCUT2D eigenvalue weighted by molar-refractivity contribution is 0.119. The molecule has 0 saturated carbocycles. The van der Waals surface area contributed by atoms with Gasteiger partial charge in [-0.1, -0.05) is 0 Å². The fraction of sp³-hybridized carbons (Fsp3) is 0.143. The Morgan fingerprint density at radius 1 is 1.73 bits per heavy atom. The van der Waals surface area contributed by atoms with Crippen molar-refractivity contribution in [3.05, 3.63) is 23.1 Å². The average molecular weight is 230 g/mol. The highest BCUT2D eigenvalue weighted by molar-refractivity contribution is 7.84. The van der Waals surface area contributed by atoms with E-state index in [9.17, 15) is 9.18 Å². The van der Waals surface area contributed by atoms with Gasteiger partial charge in [0, 0.05) is 0 Å². The van der Waals surface area contributed by atoms with Gasteiger partial charge in [-0.05, 0) is 6.08 Å². The summed E-state index contributed by atoms with van der Waals surface area (Å²) in [6.07, 6.45) is 1.47. The molecule has 0 bridgehead atoms. The Morgan fingerprint density at radius 3 is 3.07 bits per heavy atom. The predicted octanol–water partition coefficient (Wildman–Crippen LogP) is 0.696. The third kappa shape index (κ3) is 1.68. The van der Waals surface area contributed by atoms with Crippen molar-refractivity contribution in [2.75, 3.05) is 6.67 Å². The van der Waals surface area contributed by atoms with E-state index in [2.05, 4.69) is 23.2 Å². The molecule has 2 aliphatic heterocycles. The summed E-state index contributed by atoms with van der Waals surface area (Å²) in [5.41, 5.74) is 2.69. The smallest absolute Gasteiger partial charge is 0.427 e. The summed E-state index contributed by atoms with van der Waals surface area (Å²) in [7, 11) is 0. The van der Waals surface area contributed by atoms with E-state index in [1.165, 1.54) is 17.3 Å². The highest BCUT2D eigenvalue weighted by atomic mass is 32.1. The molecule has 0 fully saturated rings. The van der Waals surface area contributed by atoms with Crippen LogP contribution in [-0.2, 0) is 0 Å². The van der Waals surface area contributed by atoms with Crippen LogP contribution in [0.4, 0.5) is 9.18 Å². The van der Waals surface area contributed by atoms with Gasteiger partial charge in [0.15, 0.2) is 5.82 Å². The minimum atomic E-state index is -1.19. The molecule has 0 atom stereocenters. The maximum absolute atomic E-state index is 12.4. The Bertz CT molecular complexity index is 406. The monoisotopic (exact) mass is 230 g/mol. The van der Waals surface area contributed by atoms with Gasteiger partial charge < -0.3 is 5.11 Å². The second-order valence-electron chi connectivity index (χ2n) is 2.81. The van der Waals surface area contributed by atoms with E-state index in [4.69, 9.17) is 5.11 Å².